The van der Waals surface area contributed by atoms with Gasteiger partial charge in [-0.1, -0.05) is 0 Å². The number of aromatic nitrogens is 1. The van der Waals surface area contributed by atoms with Crippen LogP contribution in [0.15, 0.2) is 12.4 Å². The Morgan fingerprint density at radius 2 is 1.93 bits per heavy atom. The number of nitrogens with one attached hydrogen (secondary N) is 1. The van der Waals surface area contributed by atoms with Crippen LogP contribution in [-0.4, -0.2) is 32.3 Å². The normalized spacial score (nSPS) is 20.3. The molecule has 0 saturated carbocycles. The van der Waals surface area contributed by atoms with Gasteiger partial charge in [0.05, 0.1) is 26.6 Å². The minimum Gasteiger partial charge on any atom is -0.495 e. The molecule has 0 radical (unpaired) electrons. The highest BCUT2D eigenvalue weighted by Crippen LogP contribution is 2.36. The molecule has 2 heterocycles. The van der Waals surface area contributed by atoms with Crippen LogP contribution >= 0.6 is 0 Å². The van der Waals surface area contributed by atoms with Crippen molar-refractivity contribution in [3.8, 4) is 11.5 Å². The second kappa shape index (κ2) is 4.49. The van der Waals surface area contributed by atoms with Gasteiger partial charge in [0.25, 0.3) is 0 Å². The molecule has 1 atom stereocenters. The van der Waals surface area contributed by atoms with Crippen LogP contribution in [0.25, 0.3) is 0 Å². The summed E-state index contributed by atoms with van der Waals surface area (Å²) in [7, 11) is 3.34. The summed E-state index contributed by atoms with van der Waals surface area (Å²) in [5.41, 5.74) is 1.14. The van der Waals surface area contributed by atoms with Gasteiger partial charge in [-0.2, -0.15) is 0 Å². The van der Waals surface area contributed by atoms with E-state index in [0.29, 0.717) is 5.92 Å². The lowest BCUT2D eigenvalue weighted by atomic mass is 9.98. The molecule has 1 aromatic rings. The second-order valence-corrected chi connectivity index (χ2v) is 3.65. The Balaban J connectivity index is 2.39. The van der Waals surface area contributed by atoms with Gasteiger partial charge in [0.15, 0.2) is 0 Å². The summed E-state index contributed by atoms with van der Waals surface area (Å²) >= 11 is 0. The highest BCUT2D eigenvalue weighted by molar-refractivity contribution is 5.45. The molecule has 0 amide bonds. The van der Waals surface area contributed by atoms with E-state index in [4.69, 9.17) is 9.47 Å². The molecule has 1 aromatic heterocycles. The lowest BCUT2D eigenvalue weighted by Crippen LogP contribution is -2.10. The van der Waals surface area contributed by atoms with Crippen LogP contribution in [0.1, 0.15) is 17.9 Å². The van der Waals surface area contributed by atoms with E-state index in [1.165, 1.54) is 0 Å². The lowest BCUT2D eigenvalue weighted by Gasteiger charge is -2.16. The molecule has 15 heavy (non-hydrogen) atoms. The van der Waals surface area contributed by atoms with Gasteiger partial charge in [0, 0.05) is 18.0 Å². The fourth-order valence-corrected chi connectivity index (χ4v) is 2.06. The number of methoxy groups -OCH3 is 2. The molecule has 1 N–H and O–H groups in total. The SMILES string of the molecule is COc1cncc(OC)c1C1CCNC1. The number of hydrogen-bond donors (Lipinski definition) is 1. The van der Waals surface area contributed by atoms with E-state index in [9.17, 15) is 0 Å². The van der Waals surface area contributed by atoms with Gasteiger partial charge in [-0.15, -0.1) is 0 Å². The van der Waals surface area contributed by atoms with Crippen molar-refractivity contribution in [2.75, 3.05) is 27.3 Å². The van der Waals surface area contributed by atoms with E-state index < -0.39 is 0 Å². The van der Waals surface area contributed by atoms with Crippen LogP contribution in [0.3, 0.4) is 0 Å². The third-order valence-electron chi connectivity index (χ3n) is 2.82. The van der Waals surface area contributed by atoms with Crippen LogP contribution in [0.2, 0.25) is 0 Å². The van der Waals surface area contributed by atoms with Crippen molar-refractivity contribution >= 4 is 0 Å². The number of rotatable bonds is 3. The second-order valence-electron chi connectivity index (χ2n) is 3.65. The Morgan fingerprint density at radius 1 is 1.27 bits per heavy atom. The van der Waals surface area contributed by atoms with Gasteiger partial charge >= 0.3 is 0 Å². The van der Waals surface area contributed by atoms with Gasteiger partial charge in [-0.25, -0.2) is 0 Å². The molecular formula is C11H16N2O2. The molecule has 0 aliphatic carbocycles. The van der Waals surface area contributed by atoms with Crippen molar-refractivity contribution in [3.63, 3.8) is 0 Å². The highest BCUT2D eigenvalue weighted by atomic mass is 16.5. The highest BCUT2D eigenvalue weighted by Gasteiger charge is 2.24. The summed E-state index contributed by atoms with van der Waals surface area (Å²) in [6, 6.07) is 0. The van der Waals surface area contributed by atoms with Crippen molar-refractivity contribution in [2.24, 2.45) is 0 Å². The minimum atomic E-state index is 0.470. The van der Waals surface area contributed by atoms with E-state index in [1.54, 1.807) is 26.6 Å². The first-order valence-corrected chi connectivity index (χ1v) is 5.13. The maximum absolute atomic E-state index is 5.33. The van der Waals surface area contributed by atoms with Gasteiger partial charge in [-0.05, 0) is 13.0 Å². The van der Waals surface area contributed by atoms with Gasteiger partial charge in [0.2, 0.25) is 0 Å². The monoisotopic (exact) mass is 208 g/mol. The van der Waals surface area contributed by atoms with Crippen molar-refractivity contribution in [1.29, 1.82) is 0 Å². The molecule has 4 nitrogen and oxygen atoms in total. The number of hydrogen-bond acceptors (Lipinski definition) is 4. The zero-order valence-electron chi connectivity index (χ0n) is 9.12. The first-order valence-electron chi connectivity index (χ1n) is 5.13. The first-order chi connectivity index (χ1) is 7.36. The molecular weight excluding hydrogens is 192 g/mol. The minimum absolute atomic E-state index is 0.470. The third-order valence-corrected chi connectivity index (χ3v) is 2.82. The third kappa shape index (κ3) is 1.90. The van der Waals surface area contributed by atoms with Crippen LogP contribution in [-0.2, 0) is 0 Å². The molecule has 1 aliphatic rings. The van der Waals surface area contributed by atoms with Crippen LogP contribution in [0, 0.1) is 0 Å². The first kappa shape index (κ1) is 10.2. The molecule has 0 bridgehead atoms. The molecule has 1 saturated heterocycles. The molecule has 2 rings (SSSR count). The smallest absolute Gasteiger partial charge is 0.144 e. The fraction of sp³-hybridized carbons (Fsp3) is 0.545. The maximum Gasteiger partial charge on any atom is 0.144 e. The zero-order chi connectivity index (χ0) is 10.7. The topological polar surface area (TPSA) is 43.4 Å². The van der Waals surface area contributed by atoms with E-state index in [0.717, 1.165) is 36.6 Å². The van der Waals surface area contributed by atoms with Gasteiger partial charge in [-0.3, -0.25) is 4.98 Å². The molecule has 4 heteroatoms. The lowest BCUT2D eigenvalue weighted by molar-refractivity contribution is 0.376. The van der Waals surface area contributed by atoms with Crippen LogP contribution in [0.5, 0.6) is 11.5 Å². The Hall–Kier alpha value is -1.29. The van der Waals surface area contributed by atoms with Crippen molar-refractivity contribution < 1.29 is 9.47 Å². The average molecular weight is 208 g/mol. The zero-order valence-corrected chi connectivity index (χ0v) is 9.12. The molecule has 1 aliphatic heterocycles. The number of nitrogens with zero attached hydrogens (tertiary/aromatic N) is 1. The van der Waals surface area contributed by atoms with Crippen LogP contribution < -0.4 is 14.8 Å². The summed E-state index contributed by atoms with van der Waals surface area (Å²) in [5, 5.41) is 3.34. The van der Waals surface area contributed by atoms with Crippen LogP contribution in [0.4, 0.5) is 0 Å². The predicted octanol–water partition coefficient (Wildman–Crippen LogP) is 1.18. The molecule has 0 spiro atoms. The van der Waals surface area contributed by atoms with Gasteiger partial charge in [0.1, 0.15) is 11.5 Å². The fourth-order valence-electron chi connectivity index (χ4n) is 2.06. The number of ether oxygens (including phenoxy) is 2. The maximum atomic E-state index is 5.33. The standard InChI is InChI=1S/C11H16N2O2/c1-14-9-6-13-7-10(15-2)11(9)8-3-4-12-5-8/h6-8,12H,3-5H2,1-2H3. The quantitative estimate of drug-likeness (QED) is 0.810. The predicted molar refractivity (Wildman–Crippen MR) is 57.6 cm³/mol. The van der Waals surface area contributed by atoms with Gasteiger partial charge < -0.3 is 14.8 Å². The molecule has 82 valence electrons. The molecule has 0 aromatic carbocycles. The summed E-state index contributed by atoms with van der Waals surface area (Å²) in [4.78, 5) is 4.09. The largest absolute Gasteiger partial charge is 0.495 e. The summed E-state index contributed by atoms with van der Waals surface area (Å²) in [5.74, 6) is 2.11. The molecule has 1 unspecified atom stereocenters. The van der Waals surface area contributed by atoms with E-state index in [-0.39, 0.29) is 0 Å². The Kier molecular flexibility index (Phi) is 3.06. The molecule has 1 fully saturated rings. The average Bonchev–Trinajstić information content (AvgIpc) is 2.81. The Morgan fingerprint density at radius 3 is 2.40 bits per heavy atom. The summed E-state index contributed by atoms with van der Waals surface area (Å²) in [6.07, 6.45) is 4.61. The van der Waals surface area contributed by atoms with Crippen molar-refractivity contribution in [1.82, 2.24) is 10.3 Å². The van der Waals surface area contributed by atoms with E-state index in [1.807, 2.05) is 0 Å². The van der Waals surface area contributed by atoms with Crippen molar-refractivity contribution in [3.05, 3.63) is 18.0 Å². The number of pyridine rings is 1. The van der Waals surface area contributed by atoms with E-state index in [2.05, 4.69) is 10.3 Å². The Bertz CT molecular complexity index is 313. The van der Waals surface area contributed by atoms with Crippen molar-refractivity contribution in [2.45, 2.75) is 12.3 Å². The summed E-state index contributed by atoms with van der Waals surface area (Å²) in [6.45, 7) is 2.04. The van der Waals surface area contributed by atoms with E-state index >= 15 is 0 Å². The Labute approximate surface area is 89.6 Å². The summed E-state index contributed by atoms with van der Waals surface area (Å²) < 4.78 is 10.7.